The van der Waals surface area contributed by atoms with E-state index in [1.807, 2.05) is 0 Å². The highest BCUT2D eigenvalue weighted by atomic mass is 14.1. The zero-order chi connectivity index (χ0) is 11.5. The van der Waals surface area contributed by atoms with Crippen LogP contribution < -0.4 is 0 Å². The summed E-state index contributed by atoms with van der Waals surface area (Å²) in [5.41, 5.74) is 5.41. The molecular weight excluding hydrogens is 192 g/mol. The predicted octanol–water partition coefficient (Wildman–Crippen LogP) is 4.46. The summed E-state index contributed by atoms with van der Waals surface area (Å²) in [6, 6.07) is 17.6. The fourth-order valence-electron chi connectivity index (χ4n) is 1.90. The fourth-order valence-corrected chi connectivity index (χ4v) is 1.90. The third-order valence-electron chi connectivity index (χ3n) is 3.15. The minimum atomic E-state index is 0.473. The molecule has 0 aliphatic carbocycles. The molecule has 2 aromatic carbocycles. The van der Waals surface area contributed by atoms with Crippen LogP contribution in [0.4, 0.5) is 0 Å². The lowest BCUT2D eigenvalue weighted by atomic mass is 9.92. The maximum Gasteiger partial charge on any atom is 0.00610 e. The van der Waals surface area contributed by atoms with E-state index in [-0.39, 0.29) is 0 Å². The van der Waals surface area contributed by atoms with E-state index in [1.54, 1.807) is 0 Å². The first-order valence-corrected chi connectivity index (χ1v) is 5.80. The van der Waals surface area contributed by atoms with Gasteiger partial charge in [-0.25, -0.2) is 0 Å². The molecule has 82 valence electrons. The second-order valence-electron chi connectivity index (χ2n) is 4.54. The van der Waals surface area contributed by atoms with Crippen LogP contribution in [0.3, 0.4) is 0 Å². The molecule has 0 fully saturated rings. The highest BCUT2D eigenvalue weighted by Gasteiger charge is 2.07. The number of hydrogen-bond acceptors (Lipinski definition) is 0. The second kappa shape index (κ2) is 4.52. The van der Waals surface area contributed by atoms with E-state index < -0.39 is 0 Å². The van der Waals surface area contributed by atoms with E-state index in [1.165, 1.54) is 22.3 Å². The van der Waals surface area contributed by atoms with Gasteiger partial charge in [-0.3, -0.25) is 0 Å². The van der Waals surface area contributed by atoms with Crippen LogP contribution in [0, 0.1) is 13.8 Å². The van der Waals surface area contributed by atoms with Gasteiger partial charge in [0.05, 0.1) is 0 Å². The molecule has 0 N–H and O–H groups in total. The summed E-state index contributed by atoms with van der Waals surface area (Å²) in [5, 5.41) is 0. The van der Waals surface area contributed by atoms with Crippen molar-refractivity contribution in [2.75, 3.05) is 0 Å². The summed E-state index contributed by atoms with van der Waals surface area (Å²) in [6.45, 7) is 6.51. The van der Waals surface area contributed by atoms with Crippen molar-refractivity contribution in [2.24, 2.45) is 0 Å². The zero-order valence-electron chi connectivity index (χ0n) is 10.2. The Labute approximate surface area is 97.9 Å². The van der Waals surface area contributed by atoms with Crippen LogP contribution >= 0.6 is 0 Å². The zero-order valence-corrected chi connectivity index (χ0v) is 10.2. The summed E-state index contributed by atoms with van der Waals surface area (Å²) < 4.78 is 0. The van der Waals surface area contributed by atoms with E-state index in [4.69, 9.17) is 0 Å². The number of aryl methyl sites for hydroxylation is 2. The van der Waals surface area contributed by atoms with E-state index in [0.29, 0.717) is 5.92 Å². The van der Waals surface area contributed by atoms with Crippen LogP contribution in [0.25, 0.3) is 0 Å². The first-order chi connectivity index (χ1) is 7.66. The molecule has 0 saturated heterocycles. The lowest BCUT2D eigenvalue weighted by molar-refractivity contribution is 0.920. The molecule has 0 heteroatoms. The molecule has 0 aliphatic heterocycles. The number of rotatable bonds is 2. The summed E-state index contributed by atoms with van der Waals surface area (Å²) in [7, 11) is 0. The van der Waals surface area contributed by atoms with Crippen molar-refractivity contribution < 1.29 is 0 Å². The van der Waals surface area contributed by atoms with Crippen molar-refractivity contribution >= 4 is 0 Å². The van der Waals surface area contributed by atoms with Crippen LogP contribution in [0.5, 0.6) is 0 Å². The number of benzene rings is 2. The Morgan fingerprint density at radius 2 is 0.938 bits per heavy atom. The van der Waals surface area contributed by atoms with E-state index in [2.05, 4.69) is 69.3 Å². The quantitative estimate of drug-likeness (QED) is 0.686. The summed E-state index contributed by atoms with van der Waals surface area (Å²) in [6.07, 6.45) is 0. The van der Waals surface area contributed by atoms with Crippen LogP contribution in [-0.4, -0.2) is 0 Å². The van der Waals surface area contributed by atoms with E-state index >= 15 is 0 Å². The van der Waals surface area contributed by atoms with Gasteiger partial charge in [-0.2, -0.15) is 0 Å². The lowest BCUT2D eigenvalue weighted by Crippen LogP contribution is -1.95. The molecule has 0 amide bonds. The molecule has 0 heterocycles. The Morgan fingerprint density at radius 3 is 1.25 bits per heavy atom. The van der Waals surface area contributed by atoms with Crippen LogP contribution in [0.1, 0.15) is 35.1 Å². The Hall–Kier alpha value is -1.56. The molecule has 0 unspecified atom stereocenters. The Kier molecular flexibility index (Phi) is 3.09. The average Bonchev–Trinajstić information content (AvgIpc) is 2.30. The molecule has 16 heavy (non-hydrogen) atoms. The third kappa shape index (κ3) is 2.33. The molecule has 0 spiro atoms. The van der Waals surface area contributed by atoms with Gasteiger partial charge in [0, 0.05) is 5.92 Å². The normalized spacial score (nSPS) is 10.8. The number of hydrogen-bond donors (Lipinski definition) is 0. The Balaban J connectivity index is 2.28. The second-order valence-corrected chi connectivity index (χ2v) is 4.54. The minimum Gasteiger partial charge on any atom is -0.0590 e. The summed E-state index contributed by atoms with van der Waals surface area (Å²) >= 11 is 0. The molecule has 0 nitrogen and oxygen atoms in total. The van der Waals surface area contributed by atoms with E-state index in [0.717, 1.165) is 0 Å². The molecule has 0 aliphatic rings. The molecule has 0 bridgehead atoms. The van der Waals surface area contributed by atoms with Crippen LogP contribution in [0.15, 0.2) is 48.5 Å². The maximum absolute atomic E-state index is 2.26. The van der Waals surface area contributed by atoms with Gasteiger partial charge in [0.1, 0.15) is 0 Å². The third-order valence-corrected chi connectivity index (χ3v) is 3.15. The molecule has 0 atom stereocenters. The van der Waals surface area contributed by atoms with Gasteiger partial charge in [0.15, 0.2) is 0 Å². The summed E-state index contributed by atoms with van der Waals surface area (Å²) in [5.74, 6) is 0.473. The van der Waals surface area contributed by atoms with Gasteiger partial charge in [-0.15, -0.1) is 0 Å². The van der Waals surface area contributed by atoms with Crippen molar-refractivity contribution in [1.82, 2.24) is 0 Å². The van der Waals surface area contributed by atoms with Crippen LogP contribution in [0.2, 0.25) is 0 Å². The first-order valence-electron chi connectivity index (χ1n) is 5.80. The lowest BCUT2D eigenvalue weighted by Gasteiger charge is -2.12. The van der Waals surface area contributed by atoms with Gasteiger partial charge in [0.2, 0.25) is 0 Å². The molecule has 2 rings (SSSR count). The Bertz CT molecular complexity index is 403. The molecule has 0 radical (unpaired) electrons. The van der Waals surface area contributed by atoms with Gasteiger partial charge < -0.3 is 0 Å². The molecular formula is C16H18. The topological polar surface area (TPSA) is 0 Å². The van der Waals surface area contributed by atoms with Crippen molar-refractivity contribution in [1.29, 1.82) is 0 Å². The van der Waals surface area contributed by atoms with Crippen molar-refractivity contribution in [3.05, 3.63) is 70.8 Å². The van der Waals surface area contributed by atoms with Gasteiger partial charge in [-0.1, -0.05) is 66.6 Å². The van der Waals surface area contributed by atoms with Crippen LogP contribution in [-0.2, 0) is 0 Å². The van der Waals surface area contributed by atoms with Crippen molar-refractivity contribution in [2.45, 2.75) is 26.7 Å². The van der Waals surface area contributed by atoms with Crippen molar-refractivity contribution in [3.8, 4) is 0 Å². The SMILES string of the molecule is Cc1ccc(C(C)c2ccc(C)cc2)cc1. The average molecular weight is 210 g/mol. The standard InChI is InChI=1S/C16H18/c1-12-4-8-15(9-5-12)14(3)16-10-6-13(2)7-11-16/h4-11,14H,1-3H3. The van der Waals surface area contributed by atoms with Gasteiger partial charge in [0.25, 0.3) is 0 Å². The highest BCUT2D eigenvalue weighted by molar-refractivity contribution is 5.34. The fraction of sp³-hybridized carbons (Fsp3) is 0.250. The monoisotopic (exact) mass is 210 g/mol. The molecule has 0 saturated carbocycles. The van der Waals surface area contributed by atoms with Crippen molar-refractivity contribution in [3.63, 3.8) is 0 Å². The predicted molar refractivity (Wildman–Crippen MR) is 69.9 cm³/mol. The minimum absolute atomic E-state index is 0.473. The van der Waals surface area contributed by atoms with E-state index in [9.17, 15) is 0 Å². The summed E-state index contributed by atoms with van der Waals surface area (Å²) in [4.78, 5) is 0. The smallest absolute Gasteiger partial charge is 0.00610 e. The largest absolute Gasteiger partial charge is 0.0590 e. The molecule has 0 aromatic heterocycles. The molecule has 2 aromatic rings. The van der Waals surface area contributed by atoms with Gasteiger partial charge >= 0.3 is 0 Å². The Morgan fingerprint density at radius 1 is 0.625 bits per heavy atom. The first kappa shape index (κ1) is 10.9. The highest BCUT2D eigenvalue weighted by Crippen LogP contribution is 2.24. The maximum atomic E-state index is 2.26. The van der Waals surface area contributed by atoms with Gasteiger partial charge in [-0.05, 0) is 25.0 Å².